The van der Waals surface area contributed by atoms with Crippen molar-refractivity contribution in [2.75, 3.05) is 13.4 Å². The summed E-state index contributed by atoms with van der Waals surface area (Å²) in [6.45, 7) is 0. The molecule has 1 aromatic rings. The summed E-state index contributed by atoms with van der Waals surface area (Å²) in [5, 5.41) is 0. The maximum atomic E-state index is 11.1. The van der Waals surface area contributed by atoms with Crippen molar-refractivity contribution >= 4 is 41.4 Å². The van der Waals surface area contributed by atoms with E-state index in [9.17, 15) is 4.79 Å². The van der Waals surface area contributed by atoms with Gasteiger partial charge in [0.25, 0.3) is 0 Å². The van der Waals surface area contributed by atoms with Gasteiger partial charge in [0.15, 0.2) is 11.7 Å². The third-order valence-corrected chi connectivity index (χ3v) is 3.54. The van der Waals surface area contributed by atoms with E-state index in [-0.39, 0.29) is 0 Å². The highest BCUT2D eigenvalue weighted by molar-refractivity contribution is 7.98. The molecule has 0 fully saturated rings. The van der Waals surface area contributed by atoms with Crippen LogP contribution in [0.3, 0.4) is 0 Å². The van der Waals surface area contributed by atoms with E-state index in [0.29, 0.717) is 23.1 Å². The zero-order valence-corrected chi connectivity index (χ0v) is 11.6. The molecule has 2 aliphatic heterocycles. The molecule has 2 amide bonds. The third-order valence-electron chi connectivity index (χ3n) is 2.82. The van der Waals surface area contributed by atoms with Gasteiger partial charge in [-0.1, -0.05) is 0 Å². The normalized spacial score (nSPS) is 16.5. The highest BCUT2D eigenvalue weighted by Gasteiger charge is 2.23. The molecule has 7 heteroatoms. The van der Waals surface area contributed by atoms with Crippen molar-refractivity contribution in [3.8, 4) is 5.75 Å². The van der Waals surface area contributed by atoms with E-state index in [1.54, 1.807) is 18.9 Å². The summed E-state index contributed by atoms with van der Waals surface area (Å²) in [5.41, 5.74) is 1.26. The molecular formula is C13H10N4O2S. The molecule has 100 valence electrons. The zero-order chi connectivity index (χ0) is 14.1. The van der Waals surface area contributed by atoms with Crippen LogP contribution in [-0.2, 0) is 0 Å². The molecule has 0 saturated heterocycles. The Bertz CT molecular complexity index is 719. The van der Waals surface area contributed by atoms with Crippen molar-refractivity contribution in [2.24, 2.45) is 20.0 Å². The zero-order valence-electron chi connectivity index (χ0n) is 10.8. The second-order valence-electron chi connectivity index (χ2n) is 3.97. The smallest absolute Gasteiger partial charge is 0.369 e. The van der Waals surface area contributed by atoms with Gasteiger partial charge in [-0.3, -0.25) is 0 Å². The molecule has 0 aromatic heterocycles. The number of thioether (sulfide) groups is 1. The minimum absolute atomic E-state index is 0.302. The van der Waals surface area contributed by atoms with Crippen molar-refractivity contribution < 1.29 is 9.53 Å². The highest BCUT2D eigenvalue weighted by atomic mass is 32.2. The lowest BCUT2D eigenvalue weighted by Gasteiger charge is -2.07. The van der Waals surface area contributed by atoms with E-state index in [4.69, 9.17) is 4.74 Å². The van der Waals surface area contributed by atoms with Crippen molar-refractivity contribution in [1.82, 2.24) is 0 Å². The Morgan fingerprint density at radius 2 is 2.00 bits per heavy atom. The number of hydrogen-bond acceptors (Lipinski definition) is 5. The molecule has 0 N–H and O–H groups in total. The van der Waals surface area contributed by atoms with Crippen LogP contribution in [0.4, 0.5) is 4.79 Å². The first kappa shape index (κ1) is 12.7. The molecule has 0 saturated carbocycles. The molecule has 0 atom stereocenters. The molecule has 6 nitrogen and oxygen atoms in total. The summed E-state index contributed by atoms with van der Waals surface area (Å²) in [4.78, 5) is 28.1. The lowest BCUT2D eigenvalue weighted by molar-refractivity contribution is 0.257. The predicted molar refractivity (Wildman–Crippen MR) is 80.1 cm³/mol. The van der Waals surface area contributed by atoms with E-state index in [0.717, 1.165) is 10.5 Å². The van der Waals surface area contributed by atoms with Crippen LogP contribution in [0.2, 0.25) is 0 Å². The monoisotopic (exact) mass is 286 g/mol. The van der Waals surface area contributed by atoms with Gasteiger partial charge >= 0.3 is 6.03 Å². The summed E-state index contributed by atoms with van der Waals surface area (Å²) in [5.74, 6) is 1.46. The summed E-state index contributed by atoms with van der Waals surface area (Å²) in [6, 6.07) is 5.22. The minimum atomic E-state index is -0.561. The lowest BCUT2D eigenvalue weighted by atomic mass is 10.2. The van der Waals surface area contributed by atoms with Crippen LogP contribution in [0.5, 0.6) is 5.75 Å². The average molecular weight is 286 g/mol. The van der Waals surface area contributed by atoms with E-state index in [2.05, 4.69) is 20.0 Å². The Balaban J connectivity index is 2.05. The molecule has 2 heterocycles. The van der Waals surface area contributed by atoms with Crippen LogP contribution in [0.25, 0.3) is 0 Å². The standard InChI is InChI=1S/C13H10N4O2S/c1-19-10-5-7(20-2)3-4-8(10)11-15-9-6-14-13(18)17-12(9)16-11/h3-6H,1-2H3. The largest absolute Gasteiger partial charge is 0.496 e. The fourth-order valence-corrected chi connectivity index (χ4v) is 2.28. The number of amidine groups is 2. The Hall–Kier alpha value is -2.28. The molecule has 3 rings (SSSR count). The first-order valence-electron chi connectivity index (χ1n) is 5.78. The molecular weight excluding hydrogens is 276 g/mol. The number of fused-ring (bicyclic) bond motifs is 1. The number of carbonyl (C=O) groups excluding carboxylic acids is 1. The molecule has 0 aliphatic carbocycles. The Morgan fingerprint density at radius 1 is 1.15 bits per heavy atom. The Kier molecular flexibility index (Phi) is 3.19. The number of urea groups is 1. The average Bonchev–Trinajstić information content (AvgIpc) is 2.89. The Morgan fingerprint density at radius 3 is 2.75 bits per heavy atom. The second-order valence-corrected chi connectivity index (χ2v) is 4.85. The number of ether oxygens (including phenoxy) is 1. The predicted octanol–water partition coefficient (Wildman–Crippen LogP) is 2.22. The summed E-state index contributed by atoms with van der Waals surface area (Å²) in [7, 11) is 1.60. The summed E-state index contributed by atoms with van der Waals surface area (Å²) < 4.78 is 5.37. The van der Waals surface area contributed by atoms with Crippen molar-refractivity contribution in [1.29, 1.82) is 0 Å². The first-order chi connectivity index (χ1) is 9.71. The van der Waals surface area contributed by atoms with Gasteiger partial charge in [0.05, 0.1) is 18.9 Å². The first-order valence-corrected chi connectivity index (χ1v) is 7.00. The van der Waals surface area contributed by atoms with E-state index in [1.165, 1.54) is 6.21 Å². The number of benzene rings is 1. The van der Waals surface area contributed by atoms with Crippen LogP contribution >= 0.6 is 11.8 Å². The maximum Gasteiger partial charge on any atom is 0.369 e. The van der Waals surface area contributed by atoms with E-state index >= 15 is 0 Å². The fraction of sp³-hybridized carbons (Fsp3) is 0.154. The maximum absolute atomic E-state index is 11.1. The van der Waals surface area contributed by atoms with E-state index in [1.807, 2.05) is 24.5 Å². The van der Waals surface area contributed by atoms with Gasteiger partial charge in [0, 0.05) is 4.90 Å². The quantitative estimate of drug-likeness (QED) is 0.799. The SMILES string of the molecule is COc1cc(SC)ccc1C1=NC2=NC(=O)N=CC2=N1. The number of aliphatic imine (C=N–C) groups is 4. The van der Waals surface area contributed by atoms with Crippen LogP contribution in [0.1, 0.15) is 5.56 Å². The molecule has 2 aliphatic rings. The number of rotatable bonds is 3. The van der Waals surface area contributed by atoms with E-state index < -0.39 is 6.03 Å². The van der Waals surface area contributed by atoms with Gasteiger partial charge in [-0.25, -0.2) is 14.8 Å². The van der Waals surface area contributed by atoms with Crippen molar-refractivity contribution in [2.45, 2.75) is 4.90 Å². The molecule has 1 aromatic carbocycles. The third kappa shape index (κ3) is 2.16. The highest BCUT2D eigenvalue weighted by Crippen LogP contribution is 2.27. The molecule has 0 unspecified atom stereocenters. The molecule has 20 heavy (non-hydrogen) atoms. The van der Waals surface area contributed by atoms with Crippen molar-refractivity contribution in [3.63, 3.8) is 0 Å². The number of nitrogens with zero attached hydrogens (tertiary/aromatic N) is 4. The summed E-state index contributed by atoms with van der Waals surface area (Å²) in [6.07, 6.45) is 3.37. The fourth-order valence-electron chi connectivity index (χ4n) is 1.86. The topological polar surface area (TPSA) is 75.7 Å². The van der Waals surface area contributed by atoms with Gasteiger partial charge in [-0.15, -0.1) is 11.8 Å². The second kappa shape index (κ2) is 5.01. The number of methoxy groups -OCH3 is 1. The van der Waals surface area contributed by atoms with Crippen LogP contribution < -0.4 is 4.74 Å². The van der Waals surface area contributed by atoms with Gasteiger partial charge in [-0.05, 0) is 24.5 Å². The molecule has 0 spiro atoms. The van der Waals surface area contributed by atoms with Gasteiger partial charge in [0.1, 0.15) is 11.5 Å². The molecule has 0 radical (unpaired) electrons. The van der Waals surface area contributed by atoms with Crippen LogP contribution in [-0.4, -0.2) is 43.0 Å². The van der Waals surface area contributed by atoms with Gasteiger partial charge in [-0.2, -0.15) is 9.98 Å². The van der Waals surface area contributed by atoms with Crippen LogP contribution in [0, 0.1) is 0 Å². The summed E-state index contributed by atoms with van der Waals surface area (Å²) >= 11 is 1.62. The number of carbonyl (C=O) groups is 1. The lowest BCUT2D eigenvalue weighted by Crippen LogP contribution is -2.16. The minimum Gasteiger partial charge on any atom is -0.496 e. The Labute approximate surface area is 119 Å². The number of amides is 2. The number of hydrogen-bond donors (Lipinski definition) is 0. The molecule has 0 bridgehead atoms. The van der Waals surface area contributed by atoms with Crippen molar-refractivity contribution in [3.05, 3.63) is 23.8 Å². The van der Waals surface area contributed by atoms with Crippen LogP contribution in [0.15, 0.2) is 43.1 Å². The van der Waals surface area contributed by atoms with Gasteiger partial charge in [0.2, 0.25) is 0 Å². The van der Waals surface area contributed by atoms with Gasteiger partial charge < -0.3 is 4.74 Å².